The van der Waals surface area contributed by atoms with E-state index in [4.69, 9.17) is 14.6 Å². The van der Waals surface area contributed by atoms with Crippen LogP contribution in [0.25, 0.3) is 0 Å². The highest BCUT2D eigenvalue weighted by Gasteiger charge is 2.32. The van der Waals surface area contributed by atoms with Crippen molar-refractivity contribution in [3.63, 3.8) is 0 Å². The Bertz CT molecular complexity index is 689. The minimum Gasteiger partial charge on any atom is -0.384 e. The number of nitrogens with zero attached hydrogens (tertiary/aromatic N) is 2. The van der Waals surface area contributed by atoms with Crippen molar-refractivity contribution in [1.29, 1.82) is 0 Å². The van der Waals surface area contributed by atoms with Crippen LogP contribution in [0.3, 0.4) is 0 Å². The zero-order valence-corrected chi connectivity index (χ0v) is 16.0. The smallest absolute Gasteiger partial charge is 0.267 e. The van der Waals surface area contributed by atoms with Crippen LogP contribution in [-0.4, -0.2) is 59.5 Å². The summed E-state index contributed by atoms with van der Waals surface area (Å²) in [6.45, 7) is 2.17. The number of fused-ring (bicyclic) bond motifs is 1. The maximum atomic E-state index is 12.5. The second kappa shape index (κ2) is 8.39. The molecule has 7 nitrogen and oxygen atoms in total. The van der Waals surface area contributed by atoms with Crippen molar-refractivity contribution in [2.75, 3.05) is 33.0 Å². The van der Waals surface area contributed by atoms with E-state index >= 15 is 0 Å². The Morgan fingerprint density at radius 3 is 2.59 bits per heavy atom. The van der Waals surface area contributed by atoms with E-state index in [1.807, 2.05) is 6.07 Å². The van der Waals surface area contributed by atoms with Crippen molar-refractivity contribution in [3.05, 3.63) is 27.7 Å². The monoisotopic (exact) mass is 377 g/mol. The highest BCUT2D eigenvalue weighted by atomic mass is 16.6. The van der Waals surface area contributed by atoms with Gasteiger partial charge in [0.05, 0.1) is 38.2 Å². The first-order chi connectivity index (χ1) is 13.1. The Hall–Kier alpha value is -1.28. The molecule has 27 heavy (non-hydrogen) atoms. The fourth-order valence-electron chi connectivity index (χ4n) is 4.48. The molecule has 3 aliphatic rings. The molecule has 0 bridgehead atoms. The van der Waals surface area contributed by atoms with E-state index < -0.39 is 5.60 Å². The highest BCUT2D eigenvalue weighted by molar-refractivity contribution is 5.20. The van der Waals surface area contributed by atoms with Gasteiger partial charge in [0.25, 0.3) is 5.56 Å². The van der Waals surface area contributed by atoms with Gasteiger partial charge in [-0.15, -0.1) is 0 Å². The first-order valence-electron chi connectivity index (χ1n) is 10.4. The van der Waals surface area contributed by atoms with Crippen LogP contribution in [0.2, 0.25) is 0 Å². The third kappa shape index (κ3) is 4.59. The van der Waals surface area contributed by atoms with Gasteiger partial charge >= 0.3 is 0 Å². The lowest BCUT2D eigenvalue weighted by molar-refractivity contribution is -0.0551. The van der Waals surface area contributed by atoms with Crippen LogP contribution in [0.5, 0.6) is 0 Å². The minimum atomic E-state index is -0.954. The summed E-state index contributed by atoms with van der Waals surface area (Å²) in [4.78, 5) is 12.5. The van der Waals surface area contributed by atoms with Crippen molar-refractivity contribution in [2.24, 2.45) is 0 Å². The molecule has 0 unspecified atom stereocenters. The summed E-state index contributed by atoms with van der Waals surface area (Å²) in [7, 11) is 0. The summed E-state index contributed by atoms with van der Waals surface area (Å²) in [5.74, 6) is 0. The molecule has 150 valence electrons. The first-order valence-corrected chi connectivity index (χ1v) is 10.4. The van der Waals surface area contributed by atoms with Gasteiger partial charge in [0, 0.05) is 18.7 Å². The number of aryl methyl sites for hydroxylation is 2. The third-order valence-electron chi connectivity index (χ3n) is 6.11. The summed E-state index contributed by atoms with van der Waals surface area (Å²) >= 11 is 0. The van der Waals surface area contributed by atoms with Gasteiger partial charge in [0.15, 0.2) is 0 Å². The Kier molecular flexibility index (Phi) is 5.92. The fourth-order valence-corrected chi connectivity index (χ4v) is 4.48. The quantitative estimate of drug-likeness (QED) is 0.813. The predicted molar refractivity (Wildman–Crippen MR) is 101 cm³/mol. The number of ether oxygens (including phenoxy) is 2. The SMILES string of the molecule is O=c1cc2c(nn1C1CCC(NCC3(O)COCCOC3)CC1)CCCC2. The number of aromatic nitrogens is 2. The summed E-state index contributed by atoms with van der Waals surface area (Å²) < 4.78 is 12.6. The Labute approximate surface area is 160 Å². The predicted octanol–water partition coefficient (Wildman–Crippen LogP) is 0.973. The Morgan fingerprint density at radius 2 is 1.85 bits per heavy atom. The molecule has 0 aromatic carbocycles. The number of hydrogen-bond acceptors (Lipinski definition) is 6. The molecule has 2 N–H and O–H groups in total. The standard InChI is InChI=1S/C20H31N3O4/c24-19-11-15-3-1-2-4-18(15)22-23(19)17-7-5-16(6-8-17)21-12-20(25)13-26-9-10-27-14-20/h11,16-17,21,25H,1-10,12-14H2. The molecule has 0 atom stereocenters. The molecule has 0 spiro atoms. The van der Waals surface area contributed by atoms with E-state index in [1.54, 1.807) is 4.68 Å². The van der Waals surface area contributed by atoms with E-state index in [9.17, 15) is 9.90 Å². The van der Waals surface area contributed by atoms with Crippen molar-refractivity contribution < 1.29 is 14.6 Å². The second-order valence-electron chi connectivity index (χ2n) is 8.32. The zero-order chi connectivity index (χ0) is 18.7. The van der Waals surface area contributed by atoms with Crippen LogP contribution >= 0.6 is 0 Å². The van der Waals surface area contributed by atoms with Crippen LogP contribution in [0.1, 0.15) is 55.8 Å². The highest BCUT2D eigenvalue weighted by Crippen LogP contribution is 2.28. The molecule has 1 aromatic rings. The van der Waals surface area contributed by atoms with Gasteiger partial charge in [0.2, 0.25) is 0 Å². The van der Waals surface area contributed by atoms with Gasteiger partial charge in [-0.2, -0.15) is 5.10 Å². The van der Waals surface area contributed by atoms with Gasteiger partial charge in [0.1, 0.15) is 5.60 Å². The van der Waals surface area contributed by atoms with Gasteiger partial charge in [-0.25, -0.2) is 4.68 Å². The van der Waals surface area contributed by atoms with Crippen LogP contribution in [0.15, 0.2) is 10.9 Å². The van der Waals surface area contributed by atoms with Crippen molar-refractivity contribution in [1.82, 2.24) is 15.1 Å². The summed E-state index contributed by atoms with van der Waals surface area (Å²) in [5, 5.41) is 18.8. The summed E-state index contributed by atoms with van der Waals surface area (Å²) in [6.07, 6.45) is 8.16. The van der Waals surface area contributed by atoms with Crippen molar-refractivity contribution in [3.8, 4) is 0 Å². The lowest BCUT2D eigenvalue weighted by Crippen LogP contribution is -2.50. The molecule has 2 heterocycles. The molecule has 7 heteroatoms. The molecule has 2 aliphatic carbocycles. The summed E-state index contributed by atoms with van der Waals surface area (Å²) in [6, 6.07) is 2.35. The van der Waals surface area contributed by atoms with Crippen molar-refractivity contribution in [2.45, 2.75) is 69.1 Å². The van der Waals surface area contributed by atoms with Gasteiger partial charge < -0.3 is 19.9 Å². The summed E-state index contributed by atoms with van der Waals surface area (Å²) in [5.41, 5.74) is 1.37. The normalized spacial score (nSPS) is 28.3. The van der Waals surface area contributed by atoms with Gasteiger partial charge in [-0.05, 0) is 56.9 Å². The molecule has 0 amide bonds. The Balaban J connectivity index is 1.32. The molecule has 1 saturated carbocycles. The first kappa shape index (κ1) is 19.1. The number of hydrogen-bond donors (Lipinski definition) is 2. The lowest BCUT2D eigenvalue weighted by Gasteiger charge is -2.33. The number of aliphatic hydroxyl groups is 1. The minimum absolute atomic E-state index is 0.0501. The molecular formula is C20H31N3O4. The second-order valence-corrected chi connectivity index (χ2v) is 8.32. The van der Waals surface area contributed by atoms with E-state index in [1.165, 1.54) is 6.42 Å². The molecular weight excluding hydrogens is 346 g/mol. The number of rotatable bonds is 4. The van der Waals surface area contributed by atoms with E-state index in [0.29, 0.717) is 39.0 Å². The third-order valence-corrected chi connectivity index (χ3v) is 6.11. The number of nitrogens with one attached hydrogen (secondary N) is 1. The fraction of sp³-hybridized carbons (Fsp3) is 0.800. The largest absolute Gasteiger partial charge is 0.384 e. The van der Waals surface area contributed by atoms with Crippen LogP contribution in [0.4, 0.5) is 0 Å². The maximum absolute atomic E-state index is 12.5. The van der Waals surface area contributed by atoms with Crippen LogP contribution in [-0.2, 0) is 22.3 Å². The topological polar surface area (TPSA) is 85.6 Å². The van der Waals surface area contributed by atoms with Gasteiger partial charge in [-0.1, -0.05) is 0 Å². The van der Waals surface area contributed by atoms with Crippen LogP contribution in [0, 0.1) is 0 Å². The van der Waals surface area contributed by atoms with Crippen LogP contribution < -0.4 is 10.9 Å². The van der Waals surface area contributed by atoms with E-state index in [0.717, 1.165) is 56.2 Å². The average Bonchev–Trinajstić information content (AvgIpc) is 2.91. The molecule has 4 rings (SSSR count). The molecule has 0 radical (unpaired) electrons. The van der Waals surface area contributed by atoms with E-state index in [-0.39, 0.29) is 11.6 Å². The lowest BCUT2D eigenvalue weighted by atomic mass is 9.90. The molecule has 1 aromatic heterocycles. The Morgan fingerprint density at radius 1 is 1.15 bits per heavy atom. The molecule has 2 fully saturated rings. The van der Waals surface area contributed by atoms with E-state index in [2.05, 4.69) is 5.32 Å². The van der Waals surface area contributed by atoms with Crippen molar-refractivity contribution >= 4 is 0 Å². The molecule has 1 saturated heterocycles. The van der Waals surface area contributed by atoms with Gasteiger partial charge in [-0.3, -0.25) is 4.79 Å². The zero-order valence-electron chi connectivity index (χ0n) is 16.0. The molecule has 1 aliphatic heterocycles. The maximum Gasteiger partial charge on any atom is 0.267 e. The average molecular weight is 377 g/mol.